The molecule has 5 heteroatoms. The van der Waals surface area contributed by atoms with Gasteiger partial charge in [-0.1, -0.05) is 17.7 Å². The van der Waals surface area contributed by atoms with E-state index in [0.717, 1.165) is 5.56 Å². The van der Waals surface area contributed by atoms with Gasteiger partial charge in [0.25, 0.3) is 0 Å². The summed E-state index contributed by atoms with van der Waals surface area (Å²) in [6, 6.07) is 7.87. The van der Waals surface area contributed by atoms with Crippen LogP contribution in [0.2, 0.25) is 0 Å². The number of aromatic nitrogens is 2. The highest BCUT2D eigenvalue weighted by atomic mass is 16.4. The van der Waals surface area contributed by atoms with Crippen molar-refractivity contribution >= 4 is 5.91 Å². The highest BCUT2D eigenvalue weighted by Gasteiger charge is 2.09. The van der Waals surface area contributed by atoms with Crippen molar-refractivity contribution in [2.75, 3.05) is 6.54 Å². The Bertz CT molecular complexity index is 546. The van der Waals surface area contributed by atoms with Crippen LogP contribution >= 0.6 is 0 Å². The van der Waals surface area contributed by atoms with Crippen molar-refractivity contribution < 1.29 is 9.21 Å². The highest BCUT2D eigenvalue weighted by molar-refractivity contribution is 5.75. The molecule has 0 unspecified atom stereocenters. The number of aryl methyl sites for hydroxylation is 2. The van der Waals surface area contributed by atoms with E-state index in [9.17, 15) is 4.79 Å². The lowest BCUT2D eigenvalue weighted by Crippen LogP contribution is -2.22. The second kappa shape index (κ2) is 6.13. The summed E-state index contributed by atoms with van der Waals surface area (Å²) in [6.45, 7) is 4.55. The van der Waals surface area contributed by atoms with Crippen LogP contribution in [0.15, 0.2) is 28.7 Å². The van der Waals surface area contributed by atoms with Crippen LogP contribution in [0, 0.1) is 6.92 Å². The number of nitrogens with zero attached hydrogens (tertiary/aromatic N) is 2. The van der Waals surface area contributed by atoms with Crippen molar-refractivity contribution in [1.29, 1.82) is 0 Å². The summed E-state index contributed by atoms with van der Waals surface area (Å²) in [5.41, 5.74) is 2.07. The number of benzene rings is 1. The molecule has 1 aromatic heterocycles. The normalized spacial score (nSPS) is 10.4. The van der Waals surface area contributed by atoms with Gasteiger partial charge in [0.15, 0.2) is 0 Å². The largest absolute Gasteiger partial charge is 0.421 e. The fraction of sp³-hybridized carbons (Fsp3) is 0.357. The van der Waals surface area contributed by atoms with Gasteiger partial charge in [0, 0.05) is 24.9 Å². The third kappa shape index (κ3) is 3.64. The molecule has 1 aromatic carbocycles. The molecule has 2 aromatic rings. The van der Waals surface area contributed by atoms with Gasteiger partial charge < -0.3 is 9.73 Å². The summed E-state index contributed by atoms with van der Waals surface area (Å²) in [5.74, 6) is 0.977. The Labute approximate surface area is 112 Å². The van der Waals surface area contributed by atoms with Gasteiger partial charge in [-0.15, -0.1) is 10.2 Å². The average Bonchev–Trinajstić information content (AvgIpc) is 2.86. The average molecular weight is 259 g/mol. The molecular weight excluding hydrogens is 242 g/mol. The van der Waals surface area contributed by atoms with E-state index in [1.807, 2.05) is 38.1 Å². The van der Waals surface area contributed by atoms with Gasteiger partial charge in [0.2, 0.25) is 17.7 Å². The first-order valence-electron chi connectivity index (χ1n) is 6.35. The molecule has 0 bridgehead atoms. The van der Waals surface area contributed by atoms with E-state index in [0.29, 0.717) is 31.2 Å². The van der Waals surface area contributed by atoms with Crippen molar-refractivity contribution in [3.63, 3.8) is 0 Å². The SMILES string of the molecule is CCNC(=O)CCc1nnc(-c2ccc(C)cc2)o1. The van der Waals surface area contributed by atoms with Crippen molar-refractivity contribution in [1.82, 2.24) is 15.5 Å². The van der Waals surface area contributed by atoms with Crippen LogP contribution in [0.3, 0.4) is 0 Å². The maximum atomic E-state index is 11.3. The molecule has 0 saturated carbocycles. The fourth-order valence-electron chi connectivity index (χ4n) is 1.67. The number of carbonyl (C=O) groups is 1. The summed E-state index contributed by atoms with van der Waals surface area (Å²) >= 11 is 0. The number of carbonyl (C=O) groups excluding carboxylic acids is 1. The molecule has 1 N–H and O–H groups in total. The van der Waals surface area contributed by atoms with Crippen molar-refractivity contribution in [3.05, 3.63) is 35.7 Å². The van der Waals surface area contributed by atoms with E-state index in [1.54, 1.807) is 0 Å². The first-order chi connectivity index (χ1) is 9.19. The summed E-state index contributed by atoms with van der Waals surface area (Å²) < 4.78 is 5.54. The number of hydrogen-bond donors (Lipinski definition) is 1. The van der Waals surface area contributed by atoms with Crippen molar-refractivity contribution in [2.24, 2.45) is 0 Å². The van der Waals surface area contributed by atoms with Gasteiger partial charge in [-0.05, 0) is 26.0 Å². The second-order valence-electron chi connectivity index (χ2n) is 4.32. The van der Waals surface area contributed by atoms with Gasteiger partial charge in [0.05, 0.1) is 0 Å². The molecule has 0 radical (unpaired) electrons. The second-order valence-corrected chi connectivity index (χ2v) is 4.32. The number of nitrogens with one attached hydrogen (secondary N) is 1. The minimum absolute atomic E-state index is 0.00224. The summed E-state index contributed by atoms with van der Waals surface area (Å²) in [6.07, 6.45) is 0.827. The number of hydrogen-bond acceptors (Lipinski definition) is 4. The third-order valence-corrected chi connectivity index (χ3v) is 2.71. The zero-order chi connectivity index (χ0) is 13.7. The lowest BCUT2D eigenvalue weighted by atomic mass is 10.1. The quantitative estimate of drug-likeness (QED) is 0.893. The summed E-state index contributed by atoms with van der Waals surface area (Å²) in [5, 5.41) is 10.7. The summed E-state index contributed by atoms with van der Waals surface area (Å²) in [4.78, 5) is 11.3. The van der Waals surface area contributed by atoms with Crippen LogP contribution in [0.4, 0.5) is 0 Å². The highest BCUT2D eigenvalue weighted by Crippen LogP contribution is 2.18. The molecule has 0 fully saturated rings. The molecule has 0 aliphatic carbocycles. The Morgan fingerprint density at radius 3 is 2.68 bits per heavy atom. The van der Waals surface area contributed by atoms with E-state index in [1.165, 1.54) is 5.56 Å². The Hall–Kier alpha value is -2.17. The third-order valence-electron chi connectivity index (χ3n) is 2.71. The lowest BCUT2D eigenvalue weighted by Gasteiger charge is -1.98. The molecule has 19 heavy (non-hydrogen) atoms. The Kier molecular flexibility index (Phi) is 4.28. The van der Waals surface area contributed by atoms with Gasteiger partial charge in [0.1, 0.15) is 0 Å². The standard InChI is InChI=1S/C14H17N3O2/c1-3-15-12(18)8-9-13-16-17-14(19-13)11-6-4-10(2)5-7-11/h4-7H,3,8-9H2,1-2H3,(H,15,18). The fourth-order valence-corrected chi connectivity index (χ4v) is 1.67. The van der Waals surface area contributed by atoms with E-state index in [4.69, 9.17) is 4.42 Å². The van der Waals surface area contributed by atoms with E-state index in [-0.39, 0.29) is 5.91 Å². The molecule has 1 amide bonds. The summed E-state index contributed by atoms with van der Waals surface area (Å²) in [7, 11) is 0. The van der Waals surface area contributed by atoms with Crippen LogP contribution in [0.1, 0.15) is 24.8 Å². The maximum absolute atomic E-state index is 11.3. The van der Waals surface area contributed by atoms with Crippen LogP contribution in [0.5, 0.6) is 0 Å². The minimum Gasteiger partial charge on any atom is -0.421 e. The van der Waals surface area contributed by atoms with E-state index < -0.39 is 0 Å². The predicted molar refractivity (Wildman–Crippen MR) is 71.5 cm³/mol. The van der Waals surface area contributed by atoms with Crippen molar-refractivity contribution in [2.45, 2.75) is 26.7 Å². The zero-order valence-electron chi connectivity index (χ0n) is 11.1. The maximum Gasteiger partial charge on any atom is 0.247 e. The number of rotatable bonds is 5. The van der Waals surface area contributed by atoms with Crippen LogP contribution in [-0.2, 0) is 11.2 Å². The minimum atomic E-state index is -0.00224. The smallest absolute Gasteiger partial charge is 0.247 e. The van der Waals surface area contributed by atoms with Crippen molar-refractivity contribution in [3.8, 4) is 11.5 Å². The Balaban J connectivity index is 1.99. The van der Waals surface area contributed by atoms with Gasteiger partial charge in [-0.3, -0.25) is 4.79 Å². The molecule has 0 atom stereocenters. The molecule has 2 rings (SSSR count). The van der Waals surface area contributed by atoms with Gasteiger partial charge >= 0.3 is 0 Å². The Morgan fingerprint density at radius 1 is 1.26 bits per heavy atom. The molecule has 100 valence electrons. The van der Waals surface area contributed by atoms with Gasteiger partial charge in [-0.2, -0.15) is 0 Å². The van der Waals surface area contributed by atoms with Crippen LogP contribution in [-0.4, -0.2) is 22.6 Å². The molecule has 5 nitrogen and oxygen atoms in total. The zero-order valence-corrected chi connectivity index (χ0v) is 11.1. The van der Waals surface area contributed by atoms with E-state index in [2.05, 4.69) is 15.5 Å². The van der Waals surface area contributed by atoms with E-state index >= 15 is 0 Å². The molecule has 0 saturated heterocycles. The topological polar surface area (TPSA) is 68.0 Å². The first-order valence-corrected chi connectivity index (χ1v) is 6.35. The van der Waals surface area contributed by atoms with Gasteiger partial charge in [-0.25, -0.2) is 0 Å². The molecule has 0 spiro atoms. The molecule has 1 heterocycles. The number of amides is 1. The lowest BCUT2D eigenvalue weighted by molar-refractivity contribution is -0.121. The Morgan fingerprint density at radius 2 is 2.00 bits per heavy atom. The monoisotopic (exact) mass is 259 g/mol. The first kappa shape index (κ1) is 13.3. The molecule has 0 aliphatic rings. The van der Waals surface area contributed by atoms with Crippen LogP contribution in [0.25, 0.3) is 11.5 Å². The molecular formula is C14H17N3O2. The molecule has 0 aliphatic heterocycles. The predicted octanol–water partition coefficient (Wildman–Crippen LogP) is 2.11. The van der Waals surface area contributed by atoms with Crippen LogP contribution < -0.4 is 5.32 Å².